The van der Waals surface area contributed by atoms with Gasteiger partial charge in [-0.15, -0.1) is 0 Å². The summed E-state index contributed by atoms with van der Waals surface area (Å²) < 4.78 is 5.03. The molecular weight excluding hydrogens is 290 g/mol. The fourth-order valence-corrected chi connectivity index (χ4v) is 3.15. The van der Waals surface area contributed by atoms with E-state index in [0.29, 0.717) is 18.1 Å². The molecule has 5 heteroatoms. The molecule has 5 nitrogen and oxygen atoms in total. The van der Waals surface area contributed by atoms with Crippen LogP contribution in [0.1, 0.15) is 43.4 Å². The van der Waals surface area contributed by atoms with Gasteiger partial charge in [-0.25, -0.2) is 4.79 Å². The molecule has 0 aliphatic heterocycles. The van der Waals surface area contributed by atoms with Gasteiger partial charge in [0, 0.05) is 18.7 Å². The second-order valence-corrected chi connectivity index (χ2v) is 6.16. The Bertz CT molecular complexity index is 633. The van der Waals surface area contributed by atoms with Crippen LogP contribution in [-0.4, -0.2) is 22.1 Å². The van der Waals surface area contributed by atoms with Gasteiger partial charge < -0.3 is 9.42 Å². The van der Waals surface area contributed by atoms with E-state index in [-0.39, 0.29) is 12.1 Å². The lowest BCUT2D eigenvalue weighted by atomic mass is 9.94. The normalized spacial score (nSPS) is 15.3. The number of nitrogens with one attached hydrogen (secondary N) is 1. The van der Waals surface area contributed by atoms with Crippen LogP contribution in [0, 0.1) is 6.92 Å². The number of urea groups is 1. The summed E-state index contributed by atoms with van der Waals surface area (Å²) in [6, 6.07) is 12.0. The van der Waals surface area contributed by atoms with Crippen LogP contribution in [0.5, 0.6) is 0 Å². The quantitative estimate of drug-likeness (QED) is 0.913. The van der Waals surface area contributed by atoms with Gasteiger partial charge in [0.05, 0.1) is 0 Å². The lowest BCUT2D eigenvalue weighted by molar-refractivity contribution is 0.162. The van der Waals surface area contributed by atoms with Crippen LogP contribution in [0.25, 0.3) is 0 Å². The van der Waals surface area contributed by atoms with Crippen molar-refractivity contribution in [1.82, 2.24) is 10.1 Å². The van der Waals surface area contributed by atoms with E-state index in [9.17, 15) is 4.79 Å². The minimum Gasteiger partial charge on any atom is -0.360 e. The number of benzene rings is 1. The Balaban J connectivity index is 1.74. The molecule has 0 radical (unpaired) electrons. The summed E-state index contributed by atoms with van der Waals surface area (Å²) in [5.41, 5.74) is 1.14. The van der Waals surface area contributed by atoms with E-state index in [2.05, 4.69) is 22.6 Å². The number of anilines is 1. The van der Waals surface area contributed by atoms with Crippen LogP contribution in [-0.2, 0) is 6.54 Å². The maximum atomic E-state index is 12.8. The molecule has 0 spiro atoms. The van der Waals surface area contributed by atoms with Gasteiger partial charge in [0.15, 0.2) is 5.82 Å². The fraction of sp³-hybridized carbons (Fsp3) is 0.444. The number of rotatable bonds is 4. The van der Waals surface area contributed by atoms with Gasteiger partial charge >= 0.3 is 6.03 Å². The molecule has 1 heterocycles. The number of amides is 2. The summed E-state index contributed by atoms with van der Waals surface area (Å²) >= 11 is 0. The number of nitrogens with zero attached hydrogens (tertiary/aromatic N) is 2. The first-order chi connectivity index (χ1) is 11.2. The molecule has 1 aliphatic rings. The summed E-state index contributed by atoms with van der Waals surface area (Å²) in [4.78, 5) is 14.7. The van der Waals surface area contributed by atoms with Crippen LogP contribution < -0.4 is 5.32 Å². The van der Waals surface area contributed by atoms with Gasteiger partial charge in [-0.1, -0.05) is 54.8 Å². The zero-order chi connectivity index (χ0) is 16.1. The molecule has 2 amide bonds. The lowest BCUT2D eigenvalue weighted by Crippen LogP contribution is -2.43. The van der Waals surface area contributed by atoms with E-state index in [0.717, 1.165) is 18.4 Å². The molecule has 0 saturated heterocycles. The number of carbonyl (C=O) groups is 1. The zero-order valence-electron chi connectivity index (χ0n) is 13.5. The highest BCUT2D eigenvalue weighted by atomic mass is 16.5. The topological polar surface area (TPSA) is 58.4 Å². The van der Waals surface area contributed by atoms with Crippen LogP contribution >= 0.6 is 0 Å². The molecule has 1 aromatic carbocycles. The predicted molar refractivity (Wildman–Crippen MR) is 89.1 cm³/mol. The van der Waals surface area contributed by atoms with Crippen molar-refractivity contribution in [1.29, 1.82) is 0 Å². The van der Waals surface area contributed by atoms with Crippen molar-refractivity contribution in [3.8, 4) is 0 Å². The minimum atomic E-state index is -0.103. The smallest absolute Gasteiger partial charge is 0.323 e. The van der Waals surface area contributed by atoms with Gasteiger partial charge in [0.25, 0.3) is 0 Å². The van der Waals surface area contributed by atoms with Gasteiger partial charge in [-0.2, -0.15) is 0 Å². The Morgan fingerprint density at radius 3 is 2.65 bits per heavy atom. The van der Waals surface area contributed by atoms with Crippen molar-refractivity contribution in [3.05, 3.63) is 47.7 Å². The summed E-state index contributed by atoms with van der Waals surface area (Å²) in [7, 11) is 0. The van der Waals surface area contributed by atoms with Crippen molar-refractivity contribution in [2.45, 2.75) is 51.6 Å². The Labute approximate surface area is 136 Å². The maximum absolute atomic E-state index is 12.8. The summed E-state index contributed by atoms with van der Waals surface area (Å²) in [5, 5.41) is 6.72. The van der Waals surface area contributed by atoms with E-state index in [1.807, 2.05) is 30.0 Å². The van der Waals surface area contributed by atoms with E-state index in [1.54, 1.807) is 6.07 Å². The third kappa shape index (κ3) is 4.12. The number of aromatic nitrogens is 1. The molecule has 1 aliphatic carbocycles. The van der Waals surface area contributed by atoms with Crippen LogP contribution in [0.3, 0.4) is 0 Å². The van der Waals surface area contributed by atoms with Crippen LogP contribution in [0.2, 0.25) is 0 Å². The Morgan fingerprint density at radius 2 is 2.00 bits per heavy atom. The van der Waals surface area contributed by atoms with Crippen LogP contribution in [0.4, 0.5) is 10.6 Å². The van der Waals surface area contributed by atoms with E-state index < -0.39 is 0 Å². The fourth-order valence-electron chi connectivity index (χ4n) is 3.15. The summed E-state index contributed by atoms with van der Waals surface area (Å²) in [6.45, 7) is 2.43. The molecule has 122 valence electrons. The van der Waals surface area contributed by atoms with Crippen LogP contribution in [0.15, 0.2) is 40.9 Å². The second-order valence-electron chi connectivity index (χ2n) is 6.16. The highest BCUT2D eigenvalue weighted by Gasteiger charge is 2.26. The average Bonchev–Trinajstić information content (AvgIpc) is 2.99. The summed E-state index contributed by atoms with van der Waals surface area (Å²) in [6.07, 6.45) is 5.77. The Kier molecular flexibility index (Phi) is 4.95. The Morgan fingerprint density at radius 1 is 1.26 bits per heavy atom. The molecule has 0 bridgehead atoms. The van der Waals surface area contributed by atoms with Crippen molar-refractivity contribution in [3.63, 3.8) is 0 Å². The lowest BCUT2D eigenvalue weighted by Gasteiger charge is -2.34. The summed E-state index contributed by atoms with van der Waals surface area (Å²) in [5.74, 6) is 1.16. The molecular formula is C18H23N3O2. The van der Waals surface area contributed by atoms with Crippen molar-refractivity contribution >= 4 is 11.8 Å². The molecule has 0 atom stereocenters. The first kappa shape index (κ1) is 15.6. The Hall–Kier alpha value is -2.30. The standard InChI is InChI=1S/C18H23N3O2/c1-14-12-17(20-23-14)19-18(22)21(16-10-6-3-7-11-16)13-15-8-4-2-5-9-15/h2,4-5,8-9,12,16H,3,6-7,10-11,13H2,1H3,(H,19,20,22). The SMILES string of the molecule is Cc1cc(NC(=O)N(Cc2ccccc2)C2CCCCC2)no1. The van der Waals surface area contributed by atoms with Crippen molar-refractivity contribution in [2.24, 2.45) is 0 Å². The van der Waals surface area contributed by atoms with Gasteiger partial charge in [0.2, 0.25) is 0 Å². The number of hydrogen-bond acceptors (Lipinski definition) is 3. The monoisotopic (exact) mass is 313 g/mol. The van der Waals surface area contributed by atoms with Gasteiger partial charge in [0.1, 0.15) is 5.76 Å². The van der Waals surface area contributed by atoms with Crippen molar-refractivity contribution < 1.29 is 9.32 Å². The largest absolute Gasteiger partial charge is 0.360 e. The maximum Gasteiger partial charge on any atom is 0.323 e. The minimum absolute atomic E-state index is 0.103. The molecule has 1 fully saturated rings. The zero-order valence-corrected chi connectivity index (χ0v) is 13.5. The van der Waals surface area contributed by atoms with Gasteiger partial charge in [-0.3, -0.25) is 5.32 Å². The molecule has 3 rings (SSSR count). The number of carbonyl (C=O) groups excluding carboxylic acids is 1. The highest BCUT2D eigenvalue weighted by molar-refractivity contribution is 5.88. The first-order valence-corrected chi connectivity index (χ1v) is 8.27. The highest BCUT2D eigenvalue weighted by Crippen LogP contribution is 2.25. The van der Waals surface area contributed by atoms with E-state index >= 15 is 0 Å². The molecule has 1 aromatic heterocycles. The molecule has 1 saturated carbocycles. The second kappa shape index (κ2) is 7.31. The molecule has 1 N–H and O–H groups in total. The van der Waals surface area contributed by atoms with E-state index in [1.165, 1.54) is 19.3 Å². The average molecular weight is 313 g/mol. The third-order valence-electron chi connectivity index (χ3n) is 4.34. The molecule has 23 heavy (non-hydrogen) atoms. The first-order valence-electron chi connectivity index (χ1n) is 8.27. The third-order valence-corrected chi connectivity index (χ3v) is 4.34. The molecule has 2 aromatic rings. The number of aryl methyl sites for hydroxylation is 1. The molecule has 0 unspecified atom stereocenters. The van der Waals surface area contributed by atoms with Crippen molar-refractivity contribution in [2.75, 3.05) is 5.32 Å². The number of hydrogen-bond donors (Lipinski definition) is 1. The predicted octanol–water partition coefficient (Wildman–Crippen LogP) is 4.35. The van der Waals surface area contributed by atoms with E-state index in [4.69, 9.17) is 4.52 Å². The van der Waals surface area contributed by atoms with Gasteiger partial charge in [-0.05, 0) is 25.3 Å².